The minimum absolute atomic E-state index is 0.125. The first-order valence-electron chi connectivity index (χ1n) is 4.74. The highest BCUT2D eigenvalue weighted by atomic mass is 32.2. The van der Waals surface area contributed by atoms with Gasteiger partial charge in [0, 0.05) is 11.8 Å². The molecule has 0 bridgehead atoms. The summed E-state index contributed by atoms with van der Waals surface area (Å²) < 4.78 is 0. The van der Waals surface area contributed by atoms with Crippen molar-refractivity contribution in [1.29, 1.82) is 0 Å². The van der Waals surface area contributed by atoms with Crippen molar-refractivity contribution in [2.45, 2.75) is 31.9 Å². The molecule has 0 aliphatic rings. The van der Waals surface area contributed by atoms with Gasteiger partial charge in [0.25, 0.3) is 0 Å². The Morgan fingerprint density at radius 2 is 2.15 bits per heavy atom. The molecule has 0 rings (SSSR count). The summed E-state index contributed by atoms with van der Waals surface area (Å²) in [6, 6.07) is 0.573. The Hall–Kier alpha value is 0.230. The molecule has 0 radical (unpaired) electrons. The van der Waals surface area contributed by atoms with Crippen molar-refractivity contribution in [2.75, 3.05) is 25.2 Å². The molecule has 0 amide bonds. The Morgan fingerprint density at radius 1 is 1.46 bits per heavy atom. The van der Waals surface area contributed by atoms with E-state index in [2.05, 4.69) is 12.2 Å². The lowest BCUT2D eigenvalue weighted by Gasteiger charge is -2.10. The average molecular weight is 207 g/mol. The number of hydrogen-bond acceptors (Lipinski definition) is 4. The van der Waals surface area contributed by atoms with Crippen molar-refractivity contribution in [3.05, 3.63) is 0 Å². The third-order valence-corrected chi connectivity index (χ3v) is 3.14. The second kappa shape index (κ2) is 8.81. The van der Waals surface area contributed by atoms with Crippen molar-refractivity contribution in [2.24, 2.45) is 0 Å². The van der Waals surface area contributed by atoms with E-state index in [0.717, 1.165) is 12.2 Å². The molecule has 0 saturated heterocycles. The van der Waals surface area contributed by atoms with E-state index in [1.165, 1.54) is 6.42 Å². The van der Waals surface area contributed by atoms with E-state index in [0.29, 0.717) is 11.8 Å². The summed E-state index contributed by atoms with van der Waals surface area (Å²) in [6.07, 6.45) is 1.77. The van der Waals surface area contributed by atoms with Gasteiger partial charge in [-0.2, -0.15) is 11.8 Å². The topological polar surface area (TPSA) is 52.5 Å². The smallest absolute Gasteiger partial charge is 0.0861 e. The third kappa shape index (κ3) is 8.56. The monoisotopic (exact) mass is 207 g/mol. The molecule has 0 saturated carbocycles. The third-order valence-electron chi connectivity index (χ3n) is 1.94. The summed E-state index contributed by atoms with van der Waals surface area (Å²) >= 11 is 1.70. The predicted molar refractivity (Wildman–Crippen MR) is 58.2 cm³/mol. The van der Waals surface area contributed by atoms with Crippen LogP contribution in [-0.4, -0.2) is 47.5 Å². The highest BCUT2D eigenvalue weighted by Crippen LogP contribution is 2.07. The average Bonchev–Trinajstić information content (AvgIpc) is 2.16. The minimum atomic E-state index is -0.549. The second-order valence-corrected chi connectivity index (χ2v) is 4.39. The van der Waals surface area contributed by atoms with Gasteiger partial charge < -0.3 is 15.5 Å². The van der Waals surface area contributed by atoms with Crippen LogP contribution in [-0.2, 0) is 0 Å². The van der Waals surface area contributed by atoms with Crippen LogP contribution < -0.4 is 5.32 Å². The molecule has 4 heteroatoms. The zero-order valence-electron chi connectivity index (χ0n) is 8.49. The van der Waals surface area contributed by atoms with Crippen LogP contribution in [0.15, 0.2) is 0 Å². The van der Waals surface area contributed by atoms with Crippen LogP contribution in [0.4, 0.5) is 0 Å². The van der Waals surface area contributed by atoms with Gasteiger partial charge in [-0.1, -0.05) is 0 Å². The molecule has 2 atom stereocenters. The van der Waals surface area contributed by atoms with Gasteiger partial charge in [0.05, 0.1) is 12.7 Å². The quantitative estimate of drug-likeness (QED) is 0.506. The van der Waals surface area contributed by atoms with Crippen LogP contribution in [0.3, 0.4) is 0 Å². The van der Waals surface area contributed by atoms with E-state index in [1.807, 2.05) is 7.05 Å². The van der Waals surface area contributed by atoms with Crippen molar-refractivity contribution in [1.82, 2.24) is 5.32 Å². The maximum Gasteiger partial charge on any atom is 0.0861 e. The summed E-state index contributed by atoms with van der Waals surface area (Å²) in [5.41, 5.74) is 0. The molecule has 0 aromatic heterocycles. The zero-order valence-corrected chi connectivity index (χ0v) is 9.31. The molecule has 0 aliphatic carbocycles. The number of aliphatic hydroxyl groups is 2. The van der Waals surface area contributed by atoms with E-state index < -0.39 is 6.10 Å². The fourth-order valence-corrected chi connectivity index (χ4v) is 1.82. The Morgan fingerprint density at radius 3 is 2.69 bits per heavy atom. The second-order valence-electron chi connectivity index (χ2n) is 3.24. The first-order chi connectivity index (χ1) is 6.20. The van der Waals surface area contributed by atoms with Crippen LogP contribution in [0.1, 0.15) is 19.8 Å². The maximum absolute atomic E-state index is 9.03. The maximum atomic E-state index is 9.03. The summed E-state index contributed by atoms with van der Waals surface area (Å²) in [5.74, 6) is 1.70. The van der Waals surface area contributed by atoms with Gasteiger partial charge in [-0.15, -0.1) is 0 Å². The van der Waals surface area contributed by atoms with Gasteiger partial charge in [-0.3, -0.25) is 0 Å². The number of nitrogens with one attached hydrogen (secondary N) is 1. The Kier molecular flexibility index (Phi) is 8.97. The number of hydrogen-bond donors (Lipinski definition) is 3. The van der Waals surface area contributed by atoms with E-state index in [1.54, 1.807) is 11.8 Å². The first-order valence-corrected chi connectivity index (χ1v) is 5.90. The molecule has 3 nitrogen and oxygen atoms in total. The van der Waals surface area contributed by atoms with Crippen molar-refractivity contribution in [3.8, 4) is 0 Å². The fourth-order valence-electron chi connectivity index (χ4n) is 0.908. The van der Waals surface area contributed by atoms with Crippen LogP contribution >= 0.6 is 11.8 Å². The SMILES string of the molecule is CNC(C)CCCSCC(O)CO. The predicted octanol–water partition coefficient (Wildman–Crippen LogP) is 0.461. The molecule has 0 aromatic rings. The van der Waals surface area contributed by atoms with Gasteiger partial charge in [0.1, 0.15) is 0 Å². The molecule has 2 unspecified atom stereocenters. The lowest BCUT2D eigenvalue weighted by molar-refractivity contribution is 0.113. The van der Waals surface area contributed by atoms with E-state index in [-0.39, 0.29) is 6.61 Å². The van der Waals surface area contributed by atoms with E-state index in [4.69, 9.17) is 10.2 Å². The Labute approximate surface area is 84.9 Å². The molecule has 0 fully saturated rings. The lowest BCUT2D eigenvalue weighted by Crippen LogP contribution is -2.21. The van der Waals surface area contributed by atoms with Gasteiger partial charge in [-0.25, -0.2) is 0 Å². The molecule has 0 aliphatic heterocycles. The molecule has 0 spiro atoms. The van der Waals surface area contributed by atoms with Gasteiger partial charge in [-0.05, 0) is 32.6 Å². The van der Waals surface area contributed by atoms with Gasteiger partial charge in [0.15, 0.2) is 0 Å². The highest BCUT2D eigenvalue weighted by Gasteiger charge is 2.02. The highest BCUT2D eigenvalue weighted by molar-refractivity contribution is 7.99. The molecular weight excluding hydrogens is 186 g/mol. The normalized spacial score (nSPS) is 15.7. The van der Waals surface area contributed by atoms with E-state index >= 15 is 0 Å². The van der Waals surface area contributed by atoms with Crippen molar-refractivity contribution >= 4 is 11.8 Å². The first kappa shape index (κ1) is 13.2. The molecular formula is C9H21NO2S. The van der Waals surface area contributed by atoms with Crippen molar-refractivity contribution < 1.29 is 10.2 Å². The van der Waals surface area contributed by atoms with Crippen molar-refractivity contribution in [3.63, 3.8) is 0 Å². The molecule has 0 heterocycles. The van der Waals surface area contributed by atoms with Gasteiger partial charge >= 0.3 is 0 Å². The summed E-state index contributed by atoms with van der Waals surface area (Å²) in [4.78, 5) is 0. The Bertz CT molecular complexity index is 102. The van der Waals surface area contributed by atoms with Crippen LogP contribution in [0, 0.1) is 0 Å². The molecule has 13 heavy (non-hydrogen) atoms. The largest absolute Gasteiger partial charge is 0.394 e. The Balaban J connectivity index is 3.08. The van der Waals surface area contributed by atoms with Crippen LogP contribution in [0.5, 0.6) is 0 Å². The summed E-state index contributed by atoms with van der Waals surface area (Å²) in [7, 11) is 1.97. The summed E-state index contributed by atoms with van der Waals surface area (Å²) in [6.45, 7) is 2.03. The fraction of sp³-hybridized carbons (Fsp3) is 1.00. The molecule has 0 aromatic carbocycles. The number of aliphatic hydroxyl groups excluding tert-OH is 2. The van der Waals surface area contributed by atoms with Crippen LogP contribution in [0.25, 0.3) is 0 Å². The minimum Gasteiger partial charge on any atom is -0.394 e. The zero-order chi connectivity index (χ0) is 10.1. The van der Waals surface area contributed by atoms with Gasteiger partial charge in [0.2, 0.25) is 0 Å². The number of thioether (sulfide) groups is 1. The van der Waals surface area contributed by atoms with E-state index in [9.17, 15) is 0 Å². The molecule has 80 valence electrons. The standard InChI is InChI=1S/C9H21NO2S/c1-8(10-2)4-3-5-13-7-9(12)6-11/h8-12H,3-7H2,1-2H3. The lowest BCUT2D eigenvalue weighted by atomic mass is 10.2. The number of rotatable bonds is 8. The molecule has 3 N–H and O–H groups in total. The van der Waals surface area contributed by atoms with Crippen LogP contribution in [0.2, 0.25) is 0 Å². The summed E-state index contributed by atoms with van der Waals surface area (Å²) in [5, 5.41) is 20.8.